The average molecular weight is 441 g/mol. The third kappa shape index (κ3) is 3.22. The molecule has 1 fully saturated rings. The van der Waals surface area contributed by atoms with Crippen molar-refractivity contribution in [1.82, 2.24) is 0 Å². The summed E-state index contributed by atoms with van der Waals surface area (Å²) in [5, 5.41) is 10.4. The van der Waals surface area contributed by atoms with Gasteiger partial charge in [-0.25, -0.2) is 4.79 Å². The van der Waals surface area contributed by atoms with Crippen LogP contribution in [0.2, 0.25) is 0 Å². The Morgan fingerprint density at radius 1 is 0.800 bits per heavy atom. The molecule has 1 aliphatic heterocycles. The molecule has 0 amide bonds. The van der Waals surface area contributed by atoms with Gasteiger partial charge in [0.2, 0.25) is 0 Å². The first-order valence-corrected chi connectivity index (χ1v) is 12.7. The Labute approximate surface area is 189 Å². The Balaban J connectivity index is 1.93. The van der Waals surface area contributed by atoms with Crippen LogP contribution in [-0.2, 0) is 15.6 Å². The Hall–Kier alpha value is -1.39. The second-order valence-corrected chi connectivity index (χ2v) is 13.7. The van der Waals surface area contributed by atoms with Gasteiger partial charge in [-0.3, -0.25) is 0 Å². The minimum Gasteiger partial charge on any atom is -0.478 e. The minimum absolute atomic E-state index is 0.00896. The van der Waals surface area contributed by atoms with Crippen LogP contribution in [0.15, 0.2) is 42.5 Å². The van der Waals surface area contributed by atoms with Crippen LogP contribution < -0.4 is 0 Å². The van der Waals surface area contributed by atoms with Gasteiger partial charge in [-0.05, 0) is 71.9 Å². The maximum absolute atomic E-state index is 11.4. The summed E-state index contributed by atoms with van der Waals surface area (Å²) in [5.74, 6) is -0.874. The SMILES string of the molecule is CC1(C)CCC(C)(C)c2cc(C3(c4ccc(C(=O)O)cc4)SCSC3(C)C)ccc21. The highest BCUT2D eigenvalue weighted by atomic mass is 32.2. The third-order valence-electron chi connectivity index (χ3n) is 7.34. The topological polar surface area (TPSA) is 37.3 Å². The number of benzene rings is 2. The lowest BCUT2D eigenvalue weighted by Gasteiger charge is -2.45. The standard InChI is InChI=1S/C26H32O2S2/c1-23(2)13-14-24(3,4)21-15-19(11-12-20(21)23)26(25(5,6)29-16-30-26)18-9-7-17(8-10-18)22(27)28/h7-12,15H,13-14,16H2,1-6H3,(H,27,28). The highest BCUT2D eigenvalue weighted by Gasteiger charge is 2.53. The van der Waals surface area contributed by atoms with E-state index >= 15 is 0 Å². The quantitative estimate of drug-likeness (QED) is 0.548. The van der Waals surface area contributed by atoms with E-state index in [1.807, 2.05) is 35.7 Å². The molecule has 2 nitrogen and oxygen atoms in total. The van der Waals surface area contributed by atoms with E-state index < -0.39 is 5.97 Å². The predicted molar refractivity (Wildman–Crippen MR) is 130 cm³/mol. The fourth-order valence-electron chi connectivity index (χ4n) is 5.22. The fraction of sp³-hybridized carbons (Fsp3) is 0.500. The lowest BCUT2D eigenvalue weighted by Crippen LogP contribution is -2.41. The van der Waals surface area contributed by atoms with Crippen molar-refractivity contribution >= 4 is 29.5 Å². The molecule has 0 bridgehead atoms. The molecule has 160 valence electrons. The molecule has 2 aromatic rings. The molecule has 0 radical (unpaired) electrons. The number of fused-ring (bicyclic) bond motifs is 1. The summed E-state index contributed by atoms with van der Waals surface area (Å²) in [7, 11) is 0. The molecule has 4 heteroatoms. The summed E-state index contributed by atoms with van der Waals surface area (Å²) in [6, 6.07) is 14.8. The molecule has 0 saturated carbocycles. The van der Waals surface area contributed by atoms with Gasteiger partial charge >= 0.3 is 5.97 Å². The lowest BCUT2D eigenvalue weighted by atomic mass is 9.62. The molecule has 0 aromatic heterocycles. The van der Waals surface area contributed by atoms with Crippen molar-refractivity contribution in [2.75, 3.05) is 5.08 Å². The Bertz CT molecular complexity index is 989. The van der Waals surface area contributed by atoms with Crippen molar-refractivity contribution < 1.29 is 9.90 Å². The van der Waals surface area contributed by atoms with Crippen LogP contribution in [0.3, 0.4) is 0 Å². The molecule has 1 aliphatic carbocycles. The molecule has 1 N–H and O–H groups in total. The number of hydrogen-bond acceptors (Lipinski definition) is 3. The predicted octanol–water partition coefficient (Wildman–Crippen LogP) is 7.19. The van der Waals surface area contributed by atoms with Crippen molar-refractivity contribution in [3.63, 3.8) is 0 Å². The first kappa shape index (κ1) is 21.8. The van der Waals surface area contributed by atoms with E-state index in [4.69, 9.17) is 0 Å². The summed E-state index contributed by atoms with van der Waals surface area (Å²) in [5.41, 5.74) is 6.20. The number of rotatable bonds is 3. The van der Waals surface area contributed by atoms with Crippen molar-refractivity contribution in [3.8, 4) is 0 Å². The molecule has 1 unspecified atom stereocenters. The lowest BCUT2D eigenvalue weighted by molar-refractivity contribution is 0.0697. The number of hydrogen-bond donors (Lipinski definition) is 1. The maximum Gasteiger partial charge on any atom is 0.335 e. The van der Waals surface area contributed by atoms with Gasteiger partial charge in [0.05, 0.1) is 10.3 Å². The van der Waals surface area contributed by atoms with E-state index in [0.29, 0.717) is 5.56 Å². The largest absolute Gasteiger partial charge is 0.478 e. The van der Waals surface area contributed by atoms with E-state index in [1.165, 1.54) is 35.1 Å². The van der Waals surface area contributed by atoms with Crippen LogP contribution in [0.25, 0.3) is 0 Å². The van der Waals surface area contributed by atoms with Crippen molar-refractivity contribution in [2.45, 2.75) is 74.7 Å². The smallest absolute Gasteiger partial charge is 0.335 e. The van der Waals surface area contributed by atoms with E-state index in [0.717, 1.165) is 5.08 Å². The monoisotopic (exact) mass is 440 g/mol. The Morgan fingerprint density at radius 2 is 1.37 bits per heavy atom. The van der Waals surface area contributed by atoms with Crippen molar-refractivity contribution in [1.29, 1.82) is 0 Å². The van der Waals surface area contributed by atoms with Gasteiger partial charge in [-0.1, -0.05) is 58.0 Å². The number of aromatic carboxylic acids is 1. The van der Waals surface area contributed by atoms with Crippen LogP contribution >= 0.6 is 23.5 Å². The average Bonchev–Trinajstić information content (AvgIpc) is 3.01. The third-order valence-corrected chi connectivity index (χ3v) is 10.9. The molecule has 0 spiro atoms. The second kappa shape index (κ2) is 7.06. The summed E-state index contributed by atoms with van der Waals surface area (Å²) >= 11 is 3.97. The summed E-state index contributed by atoms with van der Waals surface area (Å²) in [6.45, 7) is 14.1. The number of thioether (sulfide) groups is 2. The first-order chi connectivity index (χ1) is 13.9. The Morgan fingerprint density at radius 3 is 1.90 bits per heavy atom. The summed E-state index contributed by atoms with van der Waals surface area (Å²) in [6.07, 6.45) is 2.41. The van der Waals surface area contributed by atoms with Crippen LogP contribution in [0.4, 0.5) is 0 Å². The zero-order valence-electron chi connectivity index (χ0n) is 18.8. The van der Waals surface area contributed by atoms with Crippen LogP contribution in [-0.4, -0.2) is 20.9 Å². The molecule has 1 saturated heterocycles. The Kier molecular flexibility index (Phi) is 5.14. The molecule has 1 heterocycles. The molecule has 2 aliphatic rings. The molecule has 4 rings (SSSR count). The van der Waals surface area contributed by atoms with E-state index in [1.54, 1.807) is 12.1 Å². The zero-order chi connectivity index (χ0) is 21.9. The molecule has 30 heavy (non-hydrogen) atoms. The van der Waals surface area contributed by atoms with Gasteiger partial charge in [0.1, 0.15) is 0 Å². The molecule has 2 aromatic carbocycles. The highest BCUT2D eigenvalue weighted by Crippen LogP contribution is 2.63. The van der Waals surface area contributed by atoms with Crippen LogP contribution in [0.5, 0.6) is 0 Å². The minimum atomic E-state index is -0.874. The van der Waals surface area contributed by atoms with Gasteiger partial charge in [-0.15, -0.1) is 23.5 Å². The first-order valence-electron chi connectivity index (χ1n) is 10.7. The normalized spacial score (nSPS) is 26.2. The van der Waals surface area contributed by atoms with Crippen LogP contribution in [0.1, 0.15) is 87.0 Å². The van der Waals surface area contributed by atoms with Gasteiger partial charge < -0.3 is 5.11 Å². The zero-order valence-corrected chi connectivity index (χ0v) is 20.5. The molecular weight excluding hydrogens is 408 g/mol. The van der Waals surface area contributed by atoms with E-state index in [2.05, 4.69) is 59.7 Å². The molecular formula is C26H32O2S2. The van der Waals surface area contributed by atoms with Gasteiger partial charge in [-0.2, -0.15) is 0 Å². The highest BCUT2D eigenvalue weighted by molar-refractivity contribution is 8.20. The maximum atomic E-state index is 11.4. The van der Waals surface area contributed by atoms with Crippen molar-refractivity contribution in [3.05, 3.63) is 70.3 Å². The molecule has 1 atom stereocenters. The second-order valence-electron chi connectivity index (χ2n) is 10.5. The van der Waals surface area contributed by atoms with Gasteiger partial charge in [0.25, 0.3) is 0 Å². The number of carboxylic acid groups (broad SMARTS) is 1. The van der Waals surface area contributed by atoms with Gasteiger partial charge in [0, 0.05) is 9.83 Å². The summed E-state index contributed by atoms with van der Waals surface area (Å²) in [4.78, 5) is 11.4. The van der Waals surface area contributed by atoms with Crippen molar-refractivity contribution in [2.24, 2.45) is 0 Å². The van der Waals surface area contributed by atoms with E-state index in [-0.39, 0.29) is 20.3 Å². The summed E-state index contributed by atoms with van der Waals surface area (Å²) < 4.78 is -0.216. The number of carboxylic acids is 1. The number of carbonyl (C=O) groups is 1. The van der Waals surface area contributed by atoms with Gasteiger partial charge in [0.15, 0.2) is 0 Å². The fourth-order valence-corrected chi connectivity index (χ4v) is 9.08. The van der Waals surface area contributed by atoms with E-state index in [9.17, 15) is 9.90 Å². The van der Waals surface area contributed by atoms with Crippen LogP contribution in [0, 0.1) is 0 Å².